The topological polar surface area (TPSA) is 148 Å². The minimum absolute atomic E-state index is 0.0268. The molecule has 4 aliphatic heterocycles. The number of aromatic nitrogens is 1. The third kappa shape index (κ3) is 7.14. The van der Waals surface area contributed by atoms with Crippen LogP contribution >= 0.6 is 0 Å². The molecular weight excluding hydrogens is 907 g/mol. The van der Waals surface area contributed by atoms with Gasteiger partial charge >= 0.3 is 0 Å². The summed E-state index contributed by atoms with van der Waals surface area (Å²) in [6.07, 6.45) is 4.19. The summed E-state index contributed by atoms with van der Waals surface area (Å²) in [6, 6.07) is 11.9. The van der Waals surface area contributed by atoms with Crippen molar-refractivity contribution < 1.29 is 58.5 Å². The highest BCUT2D eigenvalue weighted by atomic mass is 19.2. The molecule has 0 aliphatic carbocycles. The molecule has 1 N–H and O–H groups in total. The summed E-state index contributed by atoms with van der Waals surface area (Å²) in [5, 5.41) is 22.9. The van der Waals surface area contributed by atoms with E-state index in [0.29, 0.717) is 0 Å². The van der Waals surface area contributed by atoms with E-state index in [0.717, 1.165) is 42.6 Å². The number of hydrogen-bond donors (Lipinski definition) is 1. The summed E-state index contributed by atoms with van der Waals surface area (Å²) < 4.78 is 159. The molecule has 0 fully saturated rings. The van der Waals surface area contributed by atoms with Crippen LogP contribution in [-0.4, -0.2) is 38.8 Å². The smallest absolute Gasteiger partial charge is 0.269 e. The van der Waals surface area contributed by atoms with Crippen LogP contribution in [0.5, 0.6) is 0 Å². The average Bonchev–Trinajstić information content (AvgIpc) is 4.17. The van der Waals surface area contributed by atoms with Crippen molar-refractivity contribution in [1.29, 1.82) is 0 Å². The number of nitrogens with zero attached hydrogens (tertiary/aromatic N) is 5. The third-order valence-electron chi connectivity index (χ3n) is 10.9. The number of rotatable bonds is 7. The van der Waals surface area contributed by atoms with Crippen LogP contribution in [0.4, 0.5) is 55.3 Å². The third-order valence-corrected chi connectivity index (χ3v) is 10.9. The second-order valence-electron chi connectivity index (χ2n) is 14.7. The van der Waals surface area contributed by atoms with E-state index in [2.05, 4.69) is 20.0 Å². The molecule has 8 bridgehead atoms. The van der Waals surface area contributed by atoms with Crippen LogP contribution in [0, 0.1) is 78.4 Å². The molecule has 0 amide bonds. The molecule has 0 radical (unpaired) electrons. The van der Waals surface area contributed by atoms with Gasteiger partial charge in [-0.05, 0) is 78.3 Å². The summed E-state index contributed by atoms with van der Waals surface area (Å²) >= 11 is 0. The number of halogens is 10. The maximum absolute atomic E-state index is 16.1. The zero-order valence-corrected chi connectivity index (χ0v) is 33.6. The Morgan fingerprint density at radius 1 is 0.582 bits per heavy atom. The zero-order valence-electron chi connectivity index (χ0n) is 33.6. The fraction of sp³-hybridized carbons (Fsp3) is 0.0652. The number of ether oxygens (including phenoxy) is 1. The molecule has 67 heavy (non-hydrogen) atoms. The van der Waals surface area contributed by atoms with Gasteiger partial charge in [0.2, 0.25) is 17.5 Å². The summed E-state index contributed by atoms with van der Waals surface area (Å²) in [5.74, 6) is -23.4. The minimum atomic E-state index is -2.46. The lowest BCUT2D eigenvalue weighted by Crippen LogP contribution is -2.23. The lowest BCUT2D eigenvalue weighted by molar-refractivity contribution is -0.385. The second kappa shape index (κ2) is 16.5. The number of nitrogens with one attached hydrogen (secondary N) is 1. The average molecular weight is 929 g/mol. The van der Waals surface area contributed by atoms with Crippen molar-refractivity contribution in [2.75, 3.05) is 6.61 Å². The predicted molar refractivity (Wildman–Crippen MR) is 221 cm³/mol. The van der Waals surface area contributed by atoms with Crippen LogP contribution < -0.4 is 10.7 Å². The van der Waals surface area contributed by atoms with Gasteiger partial charge in [-0.1, -0.05) is 0 Å². The van der Waals surface area contributed by atoms with Crippen LogP contribution in [0.1, 0.15) is 35.6 Å². The molecule has 0 spiro atoms. The summed E-state index contributed by atoms with van der Waals surface area (Å²) in [6.45, 7) is 1.35. The summed E-state index contributed by atoms with van der Waals surface area (Å²) in [5.41, 5.74) is -6.11. The standard InChI is InChI=1S/C46H22F10N6O5/c1-2-67-46-23-16-29(60-46)33(35-38(49)42(53)45(56)43(54)39(35)50)28-15-20(17-57-28)30(18-3-7-21(8-4-18)61(63)64)24-11-13-26(58-24)32(34-36(47)40(51)44(55)41(52)37(34)48)27-14-12-25(59-27)31(23)19-5-9-22(10-6-19)62(65)66/h3-14,16-17,59H,2,15H2,1H3. The number of aliphatic imine (C=N–C) groups is 3. The first-order valence-corrected chi connectivity index (χ1v) is 19.4. The molecule has 0 saturated heterocycles. The Morgan fingerprint density at radius 2 is 1.06 bits per heavy atom. The van der Waals surface area contributed by atoms with Gasteiger partial charge in [-0.15, -0.1) is 0 Å². The Balaban J connectivity index is 1.47. The van der Waals surface area contributed by atoms with Gasteiger partial charge in [0.25, 0.3) is 11.4 Å². The van der Waals surface area contributed by atoms with Crippen LogP contribution in [0.15, 0.2) is 123 Å². The van der Waals surface area contributed by atoms with Crippen molar-refractivity contribution in [1.82, 2.24) is 4.98 Å². The fourth-order valence-corrected chi connectivity index (χ4v) is 7.94. The van der Waals surface area contributed by atoms with Gasteiger partial charge < -0.3 is 9.72 Å². The van der Waals surface area contributed by atoms with Crippen molar-refractivity contribution in [2.24, 2.45) is 15.0 Å². The quantitative estimate of drug-likeness (QED) is 0.0568. The fourth-order valence-electron chi connectivity index (χ4n) is 7.94. The van der Waals surface area contributed by atoms with E-state index >= 15 is 35.1 Å². The maximum Gasteiger partial charge on any atom is 0.269 e. The van der Waals surface area contributed by atoms with E-state index in [1.807, 2.05) is 0 Å². The van der Waals surface area contributed by atoms with Crippen LogP contribution in [0.25, 0.3) is 22.3 Å². The Kier molecular flexibility index (Phi) is 10.8. The van der Waals surface area contributed by atoms with Crippen molar-refractivity contribution in [3.63, 3.8) is 0 Å². The van der Waals surface area contributed by atoms with Gasteiger partial charge in [-0.25, -0.2) is 53.9 Å². The number of H-pyrrole nitrogens is 1. The monoisotopic (exact) mass is 928 g/mol. The van der Waals surface area contributed by atoms with Gasteiger partial charge in [0, 0.05) is 75.5 Å². The highest BCUT2D eigenvalue weighted by molar-refractivity contribution is 6.31. The molecule has 336 valence electrons. The van der Waals surface area contributed by atoms with Crippen LogP contribution in [0.2, 0.25) is 0 Å². The number of nitro benzene ring substituents is 2. The number of non-ortho nitro benzene ring substituents is 2. The Hall–Kier alpha value is -8.49. The Labute approximate surface area is 367 Å². The Bertz CT molecular complexity index is 3440. The molecular formula is C46H22F10N6O5. The van der Waals surface area contributed by atoms with Crippen LogP contribution in [0.3, 0.4) is 0 Å². The number of allylic oxidation sites excluding steroid dienone is 6. The van der Waals surface area contributed by atoms with E-state index < -0.39 is 108 Å². The first kappa shape index (κ1) is 43.7. The van der Waals surface area contributed by atoms with Gasteiger partial charge in [-0.3, -0.25) is 25.2 Å². The highest BCUT2D eigenvalue weighted by Crippen LogP contribution is 2.43. The molecule has 5 aromatic rings. The van der Waals surface area contributed by atoms with Crippen molar-refractivity contribution in [2.45, 2.75) is 13.3 Å². The van der Waals surface area contributed by atoms with Gasteiger partial charge in [0.1, 0.15) is 0 Å². The second-order valence-corrected chi connectivity index (χ2v) is 14.7. The van der Waals surface area contributed by atoms with Crippen LogP contribution in [-0.2, 0) is 4.74 Å². The molecule has 0 saturated carbocycles. The van der Waals surface area contributed by atoms with E-state index in [1.54, 1.807) is 0 Å². The maximum atomic E-state index is 16.1. The minimum Gasteiger partial charge on any atom is -0.478 e. The van der Waals surface area contributed by atoms with E-state index in [1.165, 1.54) is 49.4 Å². The molecule has 0 unspecified atom stereocenters. The molecule has 0 atom stereocenters. The van der Waals surface area contributed by atoms with Gasteiger partial charge in [0.15, 0.2) is 46.5 Å². The molecule has 11 nitrogen and oxygen atoms in total. The SMILES string of the molecule is CCOC1=NC2=C(c3c(F)c(F)c(F)c(F)c3F)C3=NC=C(C3)C(c3ccc([N+](=O)[O-])cc3)=C3C=CC(=N3)C(c3c(F)c(F)c(F)c(F)c3F)=c3ccc([nH]3)=C(c3ccc([N+](=O)[O-])cc3)C1=C2. The van der Waals surface area contributed by atoms with Crippen molar-refractivity contribution >= 4 is 51.0 Å². The number of nitro groups is 2. The zero-order chi connectivity index (χ0) is 47.7. The molecule has 21 heteroatoms. The van der Waals surface area contributed by atoms with Crippen molar-refractivity contribution in [3.8, 4) is 0 Å². The predicted octanol–water partition coefficient (Wildman–Crippen LogP) is 9.57. The van der Waals surface area contributed by atoms with Crippen molar-refractivity contribution in [3.05, 3.63) is 219 Å². The number of fused-ring (bicyclic) bond motifs is 6. The van der Waals surface area contributed by atoms with E-state index in [-0.39, 0.29) is 79.4 Å². The number of benzene rings is 4. The van der Waals surface area contributed by atoms with Gasteiger partial charge in [0.05, 0.1) is 50.4 Å². The summed E-state index contributed by atoms with van der Waals surface area (Å²) in [7, 11) is 0. The lowest BCUT2D eigenvalue weighted by atomic mass is 9.89. The molecule has 1 aromatic heterocycles. The first-order valence-electron chi connectivity index (χ1n) is 19.4. The Morgan fingerprint density at radius 3 is 1.57 bits per heavy atom. The van der Waals surface area contributed by atoms with Gasteiger partial charge in [-0.2, -0.15) is 0 Å². The number of aromatic amines is 1. The first-order chi connectivity index (χ1) is 32.0. The van der Waals surface area contributed by atoms with E-state index in [9.17, 15) is 29.0 Å². The molecule has 4 aromatic carbocycles. The van der Waals surface area contributed by atoms with E-state index in [4.69, 9.17) is 4.74 Å². The normalized spacial score (nSPS) is 15.5. The lowest BCUT2D eigenvalue weighted by Gasteiger charge is -2.16. The molecule has 5 heterocycles. The molecule has 4 aliphatic rings. The summed E-state index contributed by atoms with van der Waals surface area (Å²) in [4.78, 5) is 38.1. The molecule has 9 rings (SSSR count). The highest BCUT2D eigenvalue weighted by Gasteiger charge is 2.37. The largest absolute Gasteiger partial charge is 0.478 e. The number of hydrogen-bond acceptors (Lipinski definition) is 8.